The highest BCUT2D eigenvalue weighted by molar-refractivity contribution is 5.69. The van der Waals surface area contributed by atoms with Crippen molar-refractivity contribution in [3.63, 3.8) is 0 Å². The van der Waals surface area contributed by atoms with E-state index in [1.165, 1.54) is 20.0 Å². The van der Waals surface area contributed by atoms with Gasteiger partial charge < -0.3 is 10.1 Å². The highest BCUT2D eigenvalue weighted by atomic mass is 16.5. The number of nitrogens with one attached hydrogen (secondary N) is 1. The molecular weight excluding hydrogens is 142 g/mol. The molecule has 1 atom stereocenters. The molecule has 0 aromatic heterocycles. The Bertz CT molecular complexity index is 130. The van der Waals surface area contributed by atoms with Gasteiger partial charge in [-0.3, -0.25) is 4.79 Å². The first-order valence-electron chi connectivity index (χ1n) is 4.13. The SMILES string of the molecule is COC(=O)CC[C@H]1CCCN1. The summed E-state index contributed by atoms with van der Waals surface area (Å²) >= 11 is 0. The summed E-state index contributed by atoms with van der Waals surface area (Å²) in [4.78, 5) is 10.7. The maximum atomic E-state index is 10.7. The maximum Gasteiger partial charge on any atom is 0.305 e. The second kappa shape index (κ2) is 4.34. The standard InChI is InChI=1S/C8H15NO2/c1-11-8(10)5-4-7-3-2-6-9-7/h7,9H,2-6H2,1H3/t7-/m1/s1. The zero-order chi connectivity index (χ0) is 8.10. The monoisotopic (exact) mass is 157 g/mol. The van der Waals surface area contributed by atoms with Crippen LogP contribution < -0.4 is 5.32 Å². The van der Waals surface area contributed by atoms with Gasteiger partial charge >= 0.3 is 5.97 Å². The molecule has 1 saturated heterocycles. The predicted molar refractivity (Wildman–Crippen MR) is 42.3 cm³/mol. The van der Waals surface area contributed by atoms with Crippen molar-refractivity contribution < 1.29 is 9.53 Å². The second-order valence-electron chi connectivity index (χ2n) is 2.91. The van der Waals surface area contributed by atoms with Crippen LogP contribution in [0.3, 0.4) is 0 Å². The average molecular weight is 157 g/mol. The van der Waals surface area contributed by atoms with E-state index in [9.17, 15) is 4.79 Å². The van der Waals surface area contributed by atoms with E-state index in [1.54, 1.807) is 0 Å². The predicted octanol–water partition coefficient (Wildman–Crippen LogP) is 0.692. The topological polar surface area (TPSA) is 38.3 Å². The number of carbonyl (C=O) groups excluding carboxylic acids is 1. The van der Waals surface area contributed by atoms with Gasteiger partial charge in [-0.05, 0) is 25.8 Å². The van der Waals surface area contributed by atoms with E-state index in [0.29, 0.717) is 12.5 Å². The van der Waals surface area contributed by atoms with Gasteiger partial charge in [0, 0.05) is 12.5 Å². The summed E-state index contributed by atoms with van der Waals surface area (Å²) in [5.41, 5.74) is 0. The van der Waals surface area contributed by atoms with Crippen LogP contribution in [-0.4, -0.2) is 25.7 Å². The molecule has 0 aromatic carbocycles. The van der Waals surface area contributed by atoms with Crippen molar-refractivity contribution in [2.24, 2.45) is 0 Å². The van der Waals surface area contributed by atoms with Gasteiger partial charge in [-0.25, -0.2) is 0 Å². The van der Waals surface area contributed by atoms with Crippen molar-refractivity contribution in [3.05, 3.63) is 0 Å². The number of ether oxygens (including phenoxy) is 1. The number of esters is 1. The zero-order valence-corrected chi connectivity index (χ0v) is 6.93. The third-order valence-electron chi connectivity index (χ3n) is 2.09. The number of hydrogen-bond donors (Lipinski definition) is 1. The van der Waals surface area contributed by atoms with E-state index >= 15 is 0 Å². The van der Waals surface area contributed by atoms with E-state index in [0.717, 1.165) is 13.0 Å². The van der Waals surface area contributed by atoms with Gasteiger partial charge in [-0.15, -0.1) is 0 Å². The quantitative estimate of drug-likeness (QED) is 0.612. The fourth-order valence-corrected chi connectivity index (χ4v) is 1.40. The van der Waals surface area contributed by atoms with Gasteiger partial charge in [0.2, 0.25) is 0 Å². The van der Waals surface area contributed by atoms with Crippen molar-refractivity contribution in [3.8, 4) is 0 Å². The zero-order valence-electron chi connectivity index (χ0n) is 6.93. The minimum absolute atomic E-state index is 0.0984. The summed E-state index contributed by atoms with van der Waals surface area (Å²) in [5.74, 6) is -0.0984. The van der Waals surface area contributed by atoms with Crippen molar-refractivity contribution in [2.45, 2.75) is 31.7 Å². The Hall–Kier alpha value is -0.570. The fourth-order valence-electron chi connectivity index (χ4n) is 1.40. The number of hydrogen-bond acceptors (Lipinski definition) is 3. The van der Waals surface area contributed by atoms with Gasteiger partial charge in [-0.1, -0.05) is 0 Å². The lowest BCUT2D eigenvalue weighted by atomic mass is 10.1. The molecule has 1 N–H and O–H groups in total. The minimum atomic E-state index is -0.0984. The molecular formula is C8H15NO2. The molecule has 1 fully saturated rings. The minimum Gasteiger partial charge on any atom is -0.469 e. The molecule has 1 rings (SSSR count). The van der Waals surface area contributed by atoms with Crippen molar-refractivity contribution >= 4 is 5.97 Å². The highest BCUT2D eigenvalue weighted by Crippen LogP contribution is 2.10. The third kappa shape index (κ3) is 2.89. The lowest BCUT2D eigenvalue weighted by Crippen LogP contribution is -2.22. The van der Waals surface area contributed by atoms with E-state index in [-0.39, 0.29) is 5.97 Å². The van der Waals surface area contributed by atoms with E-state index in [2.05, 4.69) is 10.1 Å². The van der Waals surface area contributed by atoms with Crippen LogP contribution in [-0.2, 0) is 9.53 Å². The fraction of sp³-hybridized carbons (Fsp3) is 0.875. The van der Waals surface area contributed by atoms with Crippen LogP contribution in [0.5, 0.6) is 0 Å². The number of rotatable bonds is 3. The molecule has 3 heteroatoms. The van der Waals surface area contributed by atoms with Crippen LogP contribution in [0.1, 0.15) is 25.7 Å². The molecule has 0 saturated carbocycles. The van der Waals surface area contributed by atoms with Crippen molar-refractivity contribution in [1.29, 1.82) is 0 Å². The summed E-state index contributed by atoms with van der Waals surface area (Å²) in [6.07, 6.45) is 3.92. The van der Waals surface area contributed by atoms with Gasteiger partial charge in [0.25, 0.3) is 0 Å². The highest BCUT2D eigenvalue weighted by Gasteiger charge is 2.14. The molecule has 1 aliphatic rings. The molecule has 1 heterocycles. The van der Waals surface area contributed by atoms with E-state index < -0.39 is 0 Å². The Balaban J connectivity index is 2.06. The molecule has 0 aliphatic carbocycles. The van der Waals surface area contributed by atoms with Crippen LogP contribution in [0.25, 0.3) is 0 Å². The van der Waals surface area contributed by atoms with Crippen LogP contribution in [0.2, 0.25) is 0 Å². The Labute approximate surface area is 67.1 Å². The number of carbonyl (C=O) groups is 1. The van der Waals surface area contributed by atoms with Gasteiger partial charge in [0.15, 0.2) is 0 Å². The van der Waals surface area contributed by atoms with E-state index in [1.807, 2.05) is 0 Å². The average Bonchev–Trinajstić information content (AvgIpc) is 2.52. The van der Waals surface area contributed by atoms with Crippen molar-refractivity contribution in [2.75, 3.05) is 13.7 Å². The summed E-state index contributed by atoms with van der Waals surface area (Å²) in [5, 5.41) is 3.33. The largest absolute Gasteiger partial charge is 0.469 e. The summed E-state index contributed by atoms with van der Waals surface area (Å²) in [7, 11) is 1.43. The van der Waals surface area contributed by atoms with Gasteiger partial charge in [-0.2, -0.15) is 0 Å². The Morgan fingerprint density at radius 1 is 1.73 bits per heavy atom. The molecule has 0 unspecified atom stereocenters. The lowest BCUT2D eigenvalue weighted by Gasteiger charge is -2.07. The van der Waals surface area contributed by atoms with Gasteiger partial charge in [0.1, 0.15) is 0 Å². The van der Waals surface area contributed by atoms with Crippen molar-refractivity contribution in [1.82, 2.24) is 5.32 Å². The normalized spacial score (nSPS) is 23.5. The Kier molecular flexibility index (Phi) is 3.36. The molecule has 1 aliphatic heterocycles. The molecule has 0 amide bonds. The molecule has 0 radical (unpaired) electrons. The Morgan fingerprint density at radius 3 is 3.09 bits per heavy atom. The molecule has 0 aromatic rings. The lowest BCUT2D eigenvalue weighted by molar-refractivity contribution is -0.140. The molecule has 0 bridgehead atoms. The van der Waals surface area contributed by atoms with Gasteiger partial charge in [0.05, 0.1) is 7.11 Å². The van der Waals surface area contributed by atoms with Crippen LogP contribution >= 0.6 is 0 Å². The summed E-state index contributed by atoms with van der Waals surface area (Å²) in [6.45, 7) is 1.10. The first-order chi connectivity index (χ1) is 5.33. The second-order valence-corrected chi connectivity index (χ2v) is 2.91. The first kappa shape index (κ1) is 8.53. The Morgan fingerprint density at radius 2 is 2.55 bits per heavy atom. The third-order valence-corrected chi connectivity index (χ3v) is 2.09. The summed E-state index contributed by atoms with van der Waals surface area (Å²) in [6, 6.07) is 0.550. The van der Waals surface area contributed by atoms with E-state index in [4.69, 9.17) is 0 Å². The summed E-state index contributed by atoms with van der Waals surface area (Å²) < 4.78 is 4.54. The smallest absolute Gasteiger partial charge is 0.305 e. The van der Waals surface area contributed by atoms with Crippen LogP contribution in [0, 0.1) is 0 Å². The molecule has 64 valence electrons. The van der Waals surface area contributed by atoms with Crippen LogP contribution in [0.15, 0.2) is 0 Å². The molecule has 11 heavy (non-hydrogen) atoms. The van der Waals surface area contributed by atoms with Crippen LogP contribution in [0.4, 0.5) is 0 Å². The molecule has 3 nitrogen and oxygen atoms in total. The number of methoxy groups -OCH3 is 1. The maximum absolute atomic E-state index is 10.7. The molecule has 0 spiro atoms. The first-order valence-corrected chi connectivity index (χ1v) is 4.13.